The lowest BCUT2D eigenvalue weighted by Gasteiger charge is -2.11. The van der Waals surface area contributed by atoms with Crippen LogP contribution >= 0.6 is 11.6 Å². The highest BCUT2D eigenvalue weighted by molar-refractivity contribution is 6.30. The molecule has 0 aromatic heterocycles. The lowest BCUT2D eigenvalue weighted by Crippen LogP contribution is -2.44. The number of benzene rings is 1. The monoisotopic (exact) mass is 356 g/mol. The van der Waals surface area contributed by atoms with Crippen molar-refractivity contribution in [3.63, 3.8) is 0 Å². The van der Waals surface area contributed by atoms with Gasteiger partial charge in [0.25, 0.3) is 5.91 Å². The van der Waals surface area contributed by atoms with E-state index in [1.165, 1.54) is 18.2 Å². The summed E-state index contributed by atoms with van der Waals surface area (Å²) in [5, 5.41) is 4.50. The molecule has 0 spiro atoms. The van der Waals surface area contributed by atoms with Gasteiger partial charge in [-0.05, 0) is 37.1 Å². The Morgan fingerprint density at radius 3 is 2.71 bits per heavy atom. The Morgan fingerprint density at radius 2 is 2.08 bits per heavy atom. The van der Waals surface area contributed by atoms with E-state index < -0.39 is 30.3 Å². The maximum absolute atomic E-state index is 13.0. The number of carbonyl (C=O) groups excluding carboxylic acids is 3. The first-order valence-electron chi connectivity index (χ1n) is 7.22. The highest BCUT2D eigenvalue weighted by Crippen LogP contribution is 2.16. The van der Waals surface area contributed by atoms with Gasteiger partial charge in [0.2, 0.25) is 0 Å². The lowest BCUT2D eigenvalue weighted by molar-refractivity contribution is -0.143. The number of hydrogen-bond donors (Lipinski definition) is 2. The molecular formula is C16H18ClFN2O4. The molecule has 1 aromatic carbocycles. The molecule has 0 aliphatic carbocycles. The highest BCUT2D eigenvalue weighted by atomic mass is 35.5. The van der Waals surface area contributed by atoms with Crippen LogP contribution in [0, 0.1) is 5.82 Å². The van der Waals surface area contributed by atoms with Crippen molar-refractivity contribution in [2.45, 2.75) is 26.3 Å². The summed E-state index contributed by atoms with van der Waals surface area (Å²) in [6, 6.07) is 3.20. The van der Waals surface area contributed by atoms with E-state index >= 15 is 0 Å². The van der Waals surface area contributed by atoms with Crippen LogP contribution in [0.25, 0.3) is 6.08 Å². The number of amides is 3. The molecule has 0 saturated heterocycles. The Kier molecular flexibility index (Phi) is 7.91. The molecule has 0 radical (unpaired) electrons. The number of hydrogen-bond acceptors (Lipinski definition) is 4. The summed E-state index contributed by atoms with van der Waals surface area (Å²) in [5.41, 5.74) is 0.496. The van der Waals surface area contributed by atoms with E-state index in [9.17, 15) is 18.8 Å². The first-order valence-corrected chi connectivity index (χ1v) is 7.59. The Bertz CT molecular complexity index is 649. The number of nitrogens with one attached hydrogen (secondary N) is 2. The van der Waals surface area contributed by atoms with E-state index in [0.29, 0.717) is 5.56 Å². The zero-order chi connectivity index (χ0) is 18.1. The second kappa shape index (κ2) is 9.67. The molecule has 0 fully saturated rings. The first-order chi connectivity index (χ1) is 11.3. The minimum atomic E-state index is -0.784. The van der Waals surface area contributed by atoms with Crippen LogP contribution in [0.2, 0.25) is 5.02 Å². The SMILES string of the molecule is CC[C@H](C)NC(=O)NC(=O)COC(=O)/C=C/c1ccc(F)c(Cl)c1. The van der Waals surface area contributed by atoms with Crippen LogP contribution in [-0.2, 0) is 14.3 Å². The molecule has 0 aliphatic heterocycles. The van der Waals surface area contributed by atoms with E-state index in [1.54, 1.807) is 6.92 Å². The van der Waals surface area contributed by atoms with Crippen molar-refractivity contribution in [3.05, 3.63) is 40.7 Å². The Labute approximate surface area is 144 Å². The van der Waals surface area contributed by atoms with Crippen molar-refractivity contribution >= 4 is 35.6 Å². The van der Waals surface area contributed by atoms with Crippen LogP contribution in [0.1, 0.15) is 25.8 Å². The molecule has 1 rings (SSSR count). The van der Waals surface area contributed by atoms with E-state index in [1.807, 2.05) is 12.2 Å². The van der Waals surface area contributed by atoms with Gasteiger partial charge in [-0.3, -0.25) is 10.1 Å². The summed E-state index contributed by atoms with van der Waals surface area (Å²) >= 11 is 5.61. The molecule has 1 atom stereocenters. The smallest absolute Gasteiger partial charge is 0.331 e. The highest BCUT2D eigenvalue weighted by Gasteiger charge is 2.11. The number of ether oxygens (including phenoxy) is 1. The van der Waals surface area contributed by atoms with Crippen molar-refractivity contribution in [2.75, 3.05) is 6.61 Å². The predicted octanol–water partition coefficient (Wildman–Crippen LogP) is 2.66. The molecule has 0 bridgehead atoms. The van der Waals surface area contributed by atoms with Gasteiger partial charge in [-0.1, -0.05) is 24.6 Å². The van der Waals surface area contributed by atoms with Crippen molar-refractivity contribution in [2.24, 2.45) is 0 Å². The fraction of sp³-hybridized carbons (Fsp3) is 0.312. The second-order valence-electron chi connectivity index (χ2n) is 4.95. The number of halogens is 2. The summed E-state index contributed by atoms with van der Waals surface area (Å²) in [6.07, 6.45) is 3.14. The zero-order valence-corrected chi connectivity index (χ0v) is 14.0. The fourth-order valence-corrected chi connectivity index (χ4v) is 1.68. The van der Waals surface area contributed by atoms with Crippen molar-refractivity contribution in [1.82, 2.24) is 10.6 Å². The molecular weight excluding hydrogens is 339 g/mol. The molecule has 130 valence electrons. The lowest BCUT2D eigenvalue weighted by atomic mass is 10.2. The average molecular weight is 357 g/mol. The van der Waals surface area contributed by atoms with Crippen molar-refractivity contribution in [3.8, 4) is 0 Å². The third kappa shape index (κ3) is 7.23. The van der Waals surface area contributed by atoms with Crippen LogP contribution in [0.15, 0.2) is 24.3 Å². The minimum absolute atomic E-state index is 0.0720. The molecule has 1 aromatic rings. The number of urea groups is 1. The molecule has 0 aliphatic rings. The van der Waals surface area contributed by atoms with Crippen molar-refractivity contribution < 1.29 is 23.5 Å². The standard InChI is InChI=1S/C16H18ClFN2O4/c1-3-10(2)19-16(23)20-14(21)9-24-15(22)7-5-11-4-6-13(18)12(17)8-11/h4-8,10H,3,9H2,1-2H3,(H2,19,20,21,23)/b7-5+/t10-/m0/s1. The zero-order valence-electron chi connectivity index (χ0n) is 13.3. The molecule has 0 heterocycles. The van der Waals surface area contributed by atoms with E-state index in [4.69, 9.17) is 11.6 Å². The van der Waals surface area contributed by atoms with E-state index in [0.717, 1.165) is 18.6 Å². The summed E-state index contributed by atoms with van der Waals surface area (Å²) in [7, 11) is 0. The van der Waals surface area contributed by atoms with Gasteiger partial charge in [-0.25, -0.2) is 14.0 Å². The number of esters is 1. The number of carbonyl (C=O) groups is 3. The molecule has 8 heteroatoms. The van der Waals surface area contributed by atoms with Gasteiger partial charge in [0, 0.05) is 12.1 Å². The largest absolute Gasteiger partial charge is 0.452 e. The summed E-state index contributed by atoms with van der Waals surface area (Å²) in [6.45, 7) is 3.08. The maximum Gasteiger partial charge on any atom is 0.331 e. The molecule has 0 saturated carbocycles. The Morgan fingerprint density at radius 1 is 1.38 bits per heavy atom. The number of rotatable bonds is 6. The second-order valence-corrected chi connectivity index (χ2v) is 5.35. The quantitative estimate of drug-likeness (QED) is 0.606. The molecule has 6 nitrogen and oxygen atoms in total. The van der Waals surface area contributed by atoms with Gasteiger partial charge in [-0.2, -0.15) is 0 Å². The van der Waals surface area contributed by atoms with Gasteiger partial charge in [0.05, 0.1) is 5.02 Å². The van der Waals surface area contributed by atoms with Gasteiger partial charge >= 0.3 is 12.0 Å². The van der Waals surface area contributed by atoms with Gasteiger partial charge in [0.15, 0.2) is 6.61 Å². The normalized spacial score (nSPS) is 11.8. The predicted molar refractivity (Wildman–Crippen MR) is 87.8 cm³/mol. The third-order valence-electron chi connectivity index (χ3n) is 2.94. The Hall–Kier alpha value is -2.41. The van der Waals surface area contributed by atoms with Crippen LogP contribution in [0.5, 0.6) is 0 Å². The molecule has 2 N–H and O–H groups in total. The minimum Gasteiger partial charge on any atom is -0.452 e. The van der Waals surface area contributed by atoms with Crippen LogP contribution < -0.4 is 10.6 Å². The van der Waals surface area contributed by atoms with E-state index in [2.05, 4.69) is 10.1 Å². The van der Waals surface area contributed by atoms with Gasteiger partial charge in [-0.15, -0.1) is 0 Å². The molecule has 24 heavy (non-hydrogen) atoms. The van der Waals surface area contributed by atoms with E-state index in [-0.39, 0.29) is 11.1 Å². The molecule has 3 amide bonds. The summed E-state index contributed by atoms with van der Waals surface area (Å²) < 4.78 is 17.7. The summed E-state index contributed by atoms with van der Waals surface area (Å²) in [5.74, 6) is -2.10. The Balaban J connectivity index is 2.39. The number of imide groups is 1. The first kappa shape index (κ1) is 19.6. The van der Waals surface area contributed by atoms with Crippen molar-refractivity contribution in [1.29, 1.82) is 0 Å². The third-order valence-corrected chi connectivity index (χ3v) is 3.23. The molecule has 0 unspecified atom stereocenters. The fourth-order valence-electron chi connectivity index (χ4n) is 1.49. The van der Waals surface area contributed by atoms with Crippen LogP contribution in [0.3, 0.4) is 0 Å². The van der Waals surface area contributed by atoms with Gasteiger partial charge < -0.3 is 10.1 Å². The van der Waals surface area contributed by atoms with Crippen LogP contribution in [-0.4, -0.2) is 30.6 Å². The average Bonchev–Trinajstić information content (AvgIpc) is 2.53. The van der Waals surface area contributed by atoms with Crippen LogP contribution in [0.4, 0.5) is 9.18 Å². The topological polar surface area (TPSA) is 84.5 Å². The maximum atomic E-state index is 13.0. The summed E-state index contributed by atoms with van der Waals surface area (Å²) in [4.78, 5) is 34.3. The van der Waals surface area contributed by atoms with Gasteiger partial charge in [0.1, 0.15) is 5.82 Å².